The molecule has 1 rings (SSSR count). The number of aliphatic hydroxyl groups excluding tert-OH is 1. The Hall–Kier alpha value is -1.39. The third kappa shape index (κ3) is 4.97. The van der Waals surface area contributed by atoms with E-state index in [-0.39, 0.29) is 19.2 Å². The number of rotatable bonds is 6. The number of aliphatic hydroxyl groups is 2. The van der Waals surface area contributed by atoms with E-state index < -0.39 is 5.60 Å². The largest absolute Gasteiger partial charge is 0.462 e. The van der Waals surface area contributed by atoms with Crippen LogP contribution in [0.15, 0.2) is 30.3 Å². The van der Waals surface area contributed by atoms with Crippen molar-refractivity contribution in [1.82, 2.24) is 0 Å². The predicted molar refractivity (Wildman–Crippen MR) is 63.7 cm³/mol. The molecule has 4 nitrogen and oxygen atoms in total. The van der Waals surface area contributed by atoms with Crippen molar-refractivity contribution in [1.29, 1.82) is 0 Å². The monoisotopic (exact) mass is 238 g/mol. The first-order chi connectivity index (χ1) is 8.05. The molecule has 0 saturated heterocycles. The summed E-state index contributed by atoms with van der Waals surface area (Å²) < 4.78 is 5.04. The van der Waals surface area contributed by atoms with Gasteiger partial charge < -0.3 is 14.9 Å². The van der Waals surface area contributed by atoms with Crippen LogP contribution >= 0.6 is 0 Å². The van der Waals surface area contributed by atoms with Crippen LogP contribution < -0.4 is 0 Å². The zero-order valence-electron chi connectivity index (χ0n) is 9.93. The van der Waals surface area contributed by atoms with Crippen LogP contribution in [-0.4, -0.2) is 35.0 Å². The van der Waals surface area contributed by atoms with Crippen LogP contribution in [0.2, 0.25) is 0 Å². The minimum Gasteiger partial charge on any atom is -0.462 e. The summed E-state index contributed by atoms with van der Waals surface area (Å²) in [5.74, 6) is -0.366. The molecule has 1 aromatic carbocycles. The number of benzene rings is 1. The van der Waals surface area contributed by atoms with Crippen molar-refractivity contribution in [2.45, 2.75) is 25.4 Å². The SMILES string of the molecule is C[C@](O)(CO)CCCOC(=O)c1ccccc1. The molecule has 0 amide bonds. The van der Waals surface area contributed by atoms with Gasteiger partial charge in [-0.2, -0.15) is 0 Å². The summed E-state index contributed by atoms with van der Waals surface area (Å²) >= 11 is 0. The van der Waals surface area contributed by atoms with Gasteiger partial charge in [0.05, 0.1) is 24.4 Å². The number of hydrogen-bond donors (Lipinski definition) is 2. The first-order valence-electron chi connectivity index (χ1n) is 5.60. The number of esters is 1. The van der Waals surface area contributed by atoms with E-state index in [4.69, 9.17) is 9.84 Å². The highest BCUT2D eigenvalue weighted by Crippen LogP contribution is 2.11. The molecule has 0 saturated carbocycles. The van der Waals surface area contributed by atoms with E-state index in [2.05, 4.69) is 0 Å². The predicted octanol–water partition coefficient (Wildman–Crippen LogP) is 1.37. The molecule has 17 heavy (non-hydrogen) atoms. The Morgan fingerprint density at radius 3 is 2.59 bits per heavy atom. The van der Waals surface area contributed by atoms with Gasteiger partial charge in [-0.1, -0.05) is 18.2 Å². The van der Waals surface area contributed by atoms with Gasteiger partial charge >= 0.3 is 5.97 Å². The van der Waals surface area contributed by atoms with Gasteiger partial charge in [0.15, 0.2) is 0 Å². The number of carbonyl (C=O) groups excluding carboxylic acids is 1. The lowest BCUT2D eigenvalue weighted by molar-refractivity contribution is -0.0115. The first kappa shape index (κ1) is 13.7. The molecule has 0 unspecified atom stereocenters. The van der Waals surface area contributed by atoms with Crippen LogP contribution in [0.25, 0.3) is 0 Å². The zero-order chi connectivity index (χ0) is 12.7. The quantitative estimate of drug-likeness (QED) is 0.580. The van der Waals surface area contributed by atoms with Crippen molar-refractivity contribution in [2.24, 2.45) is 0 Å². The summed E-state index contributed by atoms with van der Waals surface area (Å²) in [6.07, 6.45) is 0.914. The Kier molecular flexibility index (Phi) is 5.12. The first-order valence-corrected chi connectivity index (χ1v) is 5.60. The smallest absolute Gasteiger partial charge is 0.338 e. The normalized spacial score (nSPS) is 14.1. The molecule has 0 heterocycles. The van der Waals surface area contributed by atoms with Gasteiger partial charge in [-0.3, -0.25) is 0 Å². The maximum absolute atomic E-state index is 11.5. The summed E-state index contributed by atoms with van der Waals surface area (Å²) in [5.41, 5.74) is -0.583. The number of ether oxygens (including phenoxy) is 1. The van der Waals surface area contributed by atoms with E-state index in [9.17, 15) is 9.90 Å². The van der Waals surface area contributed by atoms with Crippen LogP contribution in [0.3, 0.4) is 0 Å². The summed E-state index contributed by atoms with van der Waals surface area (Å²) in [6.45, 7) is 1.50. The van der Waals surface area contributed by atoms with Crippen molar-refractivity contribution < 1.29 is 19.7 Å². The third-order valence-corrected chi connectivity index (χ3v) is 2.44. The topological polar surface area (TPSA) is 66.8 Å². The summed E-state index contributed by atoms with van der Waals surface area (Å²) in [4.78, 5) is 11.5. The average molecular weight is 238 g/mol. The third-order valence-electron chi connectivity index (χ3n) is 2.44. The maximum atomic E-state index is 11.5. The molecular weight excluding hydrogens is 220 g/mol. The van der Waals surface area contributed by atoms with Crippen molar-refractivity contribution in [2.75, 3.05) is 13.2 Å². The van der Waals surface area contributed by atoms with Gasteiger partial charge in [0, 0.05) is 0 Å². The Balaban J connectivity index is 2.26. The lowest BCUT2D eigenvalue weighted by atomic mass is 10.0. The van der Waals surface area contributed by atoms with Crippen molar-refractivity contribution in [3.05, 3.63) is 35.9 Å². The molecule has 0 fully saturated rings. The van der Waals surface area contributed by atoms with Crippen molar-refractivity contribution >= 4 is 5.97 Å². The summed E-state index contributed by atoms with van der Waals surface area (Å²) in [5, 5.41) is 18.3. The van der Waals surface area contributed by atoms with Gasteiger partial charge in [0.1, 0.15) is 0 Å². The molecule has 0 aliphatic rings. The van der Waals surface area contributed by atoms with Gasteiger partial charge in [-0.25, -0.2) is 4.79 Å². The second-order valence-corrected chi connectivity index (χ2v) is 4.26. The van der Waals surface area contributed by atoms with Crippen LogP contribution in [0.1, 0.15) is 30.1 Å². The van der Waals surface area contributed by atoms with E-state index in [0.717, 1.165) is 0 Å². The van der Waals surface area contributed by atoms with Crippen molar-refractivity contribution in [3.63, 3.8) is 0 Å². The molecule has 2 N–H and O–H groups in total. The molecule has 1 atom stereocenters. The maximum Gasteiger partial charge on any atom is 0.338 e. The Morgan fingerprint density at radius 1 is 1.35 bits per heavy atom. The minimum absolute atomic E-state index is 0.240. The van der Waals surface area contributed by atoms with Gasteiger partial charge in [-0.05, 0) is 31.9 Å². The van der Waals surface area contributed by atoms with Crippen molar-refractivity contribution in [3.8, 4) is 0 Å². The standard InChI is InChI=1S/C13H18O4/c1-13(16,10-14)8-5-9-17-12(15)11-6-3-2-4-7-11/h2-4,6-7,14,16H,5,8-10H2,1H3/t13-/m1/s1. The second-order valence-electron chi connectivity index (χ2n) is 4.26. The van der Waals surface area contributed by atoms with Crippen LogP contribution in [0.4, 0.5) is 0 Å². The zero-order valence-corrected chi connectivity index (χ0v) is 9.93. The minimum atomic E-state index is -1.10. The Bertz CT molecular complexity index is 346. The Morgan fingerprint density at radius 2 is 2.00 bits per heavy atom. The highest BCUT2D eigenvalue weighted by atomic mass is 16.5. The molecule has 1 aromatic rings. The molecule has 0 aliphatic carbocycles. The van der Waals surface area contributed by atoms with Gasteiger partial charge in [0.25, 0.3) is 0 Å². The molecule has 4 heteroatoms. The van der Waals surface area contributed by atoms with E-state index in [0.29, 0.717) is 18.4 Å². The van der Waals surface area contributed by atoms with E-state index in [1.807, 2.05) is 6.07 Å². The molecule has 0 aliphatic heterocycles. The second kappa shape index (κ2) is 6.37. The summed E-state index contributed by atoms with van der Waals surface area (Å²) in [7, 11) is 0. The van der Waals surface area contributed by atoms with Crippen LogP contribution in [0.5, 0.6) is 0 Å². The molecule has 0 radical (unpaired) electrons. The number of hydrogen-bond acceptors (Lipinski definition) is 4. The lowest BCUT2D eigenvalue weighted by Crippen LogP contribution is -2.29. The van der Waals surface area contributed by atoms with E-state index in [1.54, 1.807) is 31.2 Å². The van der Waals surface area contributed by atoms with Crippen LogP contribution in [-0.2, 0) is 4.74 Å². The van der Waals surface area contributed by atoms with Gasteiger partial charge in [0.2, 0.25) is 0 Å². The highest BCUT2D eigenvalue weighted by molar-refractivity contribution is 5.89. The van der Waals surface area contributed by atoms with E-state index in [1.165, 1.54) is 0 Å². The van der Waals surface area contributed by atoms with E-state index >= 15 is 0 Å². The average Bonchev–Trinajstić information content (AvgIpc) is 2.35. The fraction of sp³-hybridized carbons (Fsp3) is 0.462. The number of carbonyl (C=O) groups is 1. The molecule has 94 valence electrons. The van der Waals surface area contributed by atoms with Gasteiger partial charge in [-0.15, -0.1) is 0 Å². The summed E-state index contributed by atoms with van der Waals surface area (Å²) in [6, 6.07) is 8.74. The molecule has 0 spiro atoms. The van der Waals surface area contributed by atoms with Crippen LogP contribution in [0, 0.1) is 0 Å². The molecule has 0 aromatic heterocycles. The molecule has 0 bridgehead atoms. The lowest BCUT2D eigenvalue weighted by Gasteiger charge is -2.19. The highest BCUT2D eigenvalue weighted by Gasteiger charge is 2.18. The fourth-order valence-corrected chi connectivity index (χ4v) is 1.35. The molecular formula is C13H18O4. The fourth-order valence-electron chi connectivity index (χ4n) is 1.35. The Labute approximate surface area is 101 Å².